The van der Waals surface area contributed by atoms with Crippen molar-refractivity contribution in [3.63, 3.8) is 0 Å². The number of hydrogen-bond acceptors (Lipinski definition) is 0. The third-order valence-corrected chi connectivity index (χ3v) is 7.81. The van der Waals surface area contributed by atoms with E-state index < -0.39 is 15.2 Å². The Kier molecular flexibility index (Phi) is 11.4. The minimum absolute atomic E-state index is 0. The maximum Gasteiger partial charge on any atom is -0.147 e. The average Bonchev–Trinajstić information content (AvgIpc) is 1.65. The van der Waals surface area contributed by atoms with Crippen LogP contribution in [0.5, 0.6) is 0 Å². The van der Waals surface area contributed by atoms with E-state index >= 15 is 0 Å². The van der Waals surface area contributed by atoms with Crippen LogP contribution >= 0.6 is 22.0 Å². The van der Waals surface area contributed by atoms with Gasteiger partial charge in [0.2, 0.25) is 0 Å². The molecule has 0 rings (SSSR count). The van der Waals surface area contributed by atoms with Crippen LogP contribution in [0.2, 0.25) is 9.95 Å². The monoisotopic (exact) mass is 198 g/mol. The van der Waals surface area contributed by atoms with E-state index in [4.69, 9.17) is 9.64 Å². The van der Waals surface area contributed by atoms with Gasteiger partial charge in [0.15, 0.2) is 0 Å². The molecule has 0 saturated heterocycles. The van der Waals surface area contributed by atoms with Gasteiger partial charge >= 0.3 is 48.7 Å². The van der Waals surface area contributed by atoms with Crippen LogP contribution in [0, 0.1) is 0 Å². The molecular formula is C4H11Cl2Ga. The molecule has 3 heteroatoms. The van der Waals surface area contributed by atoms with Gasteiger partial charge in [-0.05, 0) is 0 Å². The molecule has 0 saturated carbocycles. The van der Waals surface area contributed by atoms with E-state index in [1.165, 1.54) is 9.95 Å². The smallest absolute Gasteiger partial charge is 0.147 e. The van der Waals surface area contributed by atoms with Crippen molar-refractivity contribution in [2.45, 2.75) is 23.8 Å². The van der Waals surface area contributed by atoms with Crippen molar-refractivity contribution < 1.29 is 0 Å². The predicted molar refractivity (Wildman–Crippen MR) is 39.8 cm³/mol. The standard InChI is InChI=1S/2C2H5.2ClH.Ga/c2*1-2;;;/h2*1H2,2H3;2*1H;/q;;;;+1/p-1. The van der Waals surface area contributed by atoms with Crippen molar-refractivity contribution in [1.29, 1.82) is 0 Å². The van der Waals surface area contributed by atoms with Gasteiger partial charge in [0, 0.05) is 0 Å². The van der Waals surface area contributed by atoms with E-state index in [0.717, 1.165) is 0 Å². The molecule has 0 atom stereocenters. The summed E-state index contributed by atoms with van der Waals surface area (Å²) < 4.78 is 0. The molecule has 0 aromatic heterocycles. The first-order chi connectivity index (χ1) is 2.81. The molecule has 0 aliphatic carbocycles. The van der Waals surface area contributed by atoms with Gasteiger partial charge in [0.25, 0.3) is 0 Å². The van der Waals surface area contributed by atoms with Crippen molar-refractivity contribution in [2.75, 3.05) is 0 Å². The van der Waals surface area contributed by atoms with E-state index in [1.54, 1.807) is 0 Å². The van der Waals surface area contributed by atoms with Gasteiger partial charge in [-0.3, -0.25) is 0 Å². The molecule has 7 heavy (non-hydrogen) atoms. The van der Waals surface area contributed by atoms with Gasteiger partial charge in [-0.2, -0.15) is 0 Å². The van der Waals surface area contributed by atoms with Crippen LogP contribution in [-0.2, 0) is 0 Å². The Balaban J connectivity index is 0. The van der Waals surface area contributed by atoms with Gasteiger partial charge in [-0.1, -0.05) is 0 Å². The Hall–Kier alpha value is 1.22. The summed E-state index contributed by atoms with van der Waals surface area (Å²) in [6, 6.07) is 0. The molecule has 0 heterocycles. The SMILES string of the molecule is C[CH2][Ga]([Cl])[CH2]C.Cl. The summed E-state index contributed by atoms with van der Waals surface area (Å²) in [4.78, 5) is 2.57. The molecule has 0 bridgehead atoms. The predicted octanol–water partition coefficient (Wildman–Crippen LogP) is 2.68. The summed E-state index contributed by atoms with van der Waals surface area (Å²) in [5.74, 6) is 0. The zero-order chi connectivity index (χ0) is 4.99. The third-order valence-electron chi connectivity index (χ3n) is 0.886. The molecular weight excluding hydrogens is 189 g/mol. The van der Waals surface area contributed by atoms with Gasteiger partial charge in [-0.25, -0.2) is 0 Å². The summed E-state index contributed by atoms with van der Waals surface area (Å²) in [5, 5.41) is 0. The molecule has 0 N–H and O–H groups in total. The van der Waals surface area contributed by atoms with Crippen LogP contribution in [-0.4, -0.2) is 15.2 Å². The zero-order valence-corrected chi connectivity index (χ0v) is 8.77. The zero-order valence-electron chi connectivity index (χ0n) is 4.78. The molecule has 0 aliphatic heterocycles. The Labute approximate surface area is 61.1 Å². The van der Waals surface area contributed by atoms with Crippen LogP contribution in [0.15, 0.2) is 0 Å². The molecule has 44 valence electrons. The molecule has 0 fully saturated rings. The maximum absolute atomic E-state index is 5.84. The molecule has 0 amide bonds. The molecule has 0 unspecified atom stereocenters. The van der Waals surface area contributed by atoms with Gasteiger partial charge in [-0.15, -0.1) is 12.4 Å². The van der Waals surface area contributed by atoms with E-state index in [0.29, 0.717) is 0 Å². The second kappa shape index (κ2) is 7.22. The quantitative estimate of drug-likeness (QED) is 0.600. The summed E-state index contributed by atoms with van der Waals surface area (Å²) in [6.45, 7) is 4.36. The van der Waals surface area contributed by atoms with E-state index in [9.17, 15) is 0 Å². The molecule has 0 radical (unpaired) electrons. The van der Waals surface area contributed by atoms with Gasteiger partial charge < -0.3 is 0 Å². The summed E-state index contributed by atoms with van der Waals surface area (Å²) in [6.07, 6.45) is 0. The molecule has 0 nitrogen and oxygen atoms in total. The molecule has 0 spiro atoms. The van der Waals surface area contributed by atoms with E-state index in [-0.39, 0.29) is 12.4 Å². The fourth-order valence-corrected chi connectivity index (χ4v) is 1.50. The normalized spacial score (nSPS) is 7.29. The summed E-state index contributed by atoms with van der Waals surface area (Å²) in [7, 11) is 5.84. The van der Waals surface area contributed by atoms with Crippen molar-refractivity contribution in [1.82, 2.24) is 0 Å². The van der Waals surface area contributed by atoms with Gasteiger partial charge in [0.1, 0.15) is 0 Å². The molecule has 0 aromatic carbocycles. The van der Waals surface area contributed by atoms with Crippen molar-refractivity contribution in [3.05, 3.63) is 0 Å². The Morgan fingerprint density at radius 2 is 1.57 bits per heavy atom. The summed E-state index contributed by atoms with van der Waals surface area (Å²) in [5.41, 5.74) is 0. The summed E-state index contributed by atoms with van der Waals surface area (Å²) >= 11 is -1.07. The van der Waals surface area contributed by atoms with Crippen LogP contribution < -0.4 is 0 Å². The topological polar surface area (TPSA) is 0 Å². The van der Waals surface area contributed by atoms with Crippen LogP contribution in [0.1, 0.15) is 13.8 Å². The van der Waals surface area contributed by atoms with Crippen molar-refractivity contribution in [2.24, 2.45) is 0 Å². The van der Waals surface area contributed by atoms with Crippen LogP contribution in [0.4, 0.5) is 0 Å². The van der Waals surface area contributed by atoms with Crippen molar-refractivity contribution >= 4 is 37.3 Å². The molecule has 0 aromatic rings. The minimum Gasteiger partial charge on any atom is -0.147 e. The first-order valence-electron chi connectivity index (χ1n) is 2.45. The van der Waals surface area contributed by atoms with Crippen LogP contribution in [0.3, 0.4) is 0 Å². The molecule has 0 aliphatic rings. The van der Waals surface area contributed by atoms with Crippen molar-refractivity contribution in [3.8, 4) is 0 Å². The average molecular weight is 200 g/mol. The first kappa shape index (κ1) is 11.1. The number of hydrogen-bond donors (Lipinski definition) is 0. The third kappa shape index (κ3) is 7.22. The van der Waals surface area contributed by atoms with Crippen LogP contribution in [0.25, 0.3) is 0 Å². The largest absolute Gasteiger partial charge is 0.147 e. The number of halogens is 2. The van der Waals surface area contributed by atoms with E-state index in [1.807, 2.05) is 0 Å². The Morgan fingerprint density at radius 3 is 1.57 bits per heavy atom. The fraction of sp³-hybridized carbons (Fsp3) is 1.00. The van der Waals surface area contributed by atoms with Gasteiger partial charge in [0.05, 0.1) is 0 Å². The second-order valence-electron chi connectivity index (χ2n) is 1.41. The second-order valence-corrected chi connectivity index (χ2v) is 10.6. The Bertz CT molecular complexity index is 28.9. The number of rotatable bonds is 2. The maximum atomic E-state index is 5.84. The Morgan fingerprint density at radius 1 is 1.29 bits per heavy atom. The first-order valence-corrected chi connectivity index (χ1v) is 9.06. The fourth-order valence-electron chi connectivity index (χ4n) is 0.289. The van der Waals surface area contributed by atoms with E-state index in [2.05, 4.69) is 13.8 Å². The minimum atomic E-state index is -1.07.